The third kappa shape index (κ3) is 3.33. The van der Waals surface area contributed by atoms with Gasteiger partial charge >= 0.3 is 0 Å². The molecule has 128 valence electrons. The van der Waals surface area contributed by atoms with Gasteiger partial charge in [-0.25, -0.2) is 0 Å². The molecule has 4 heteroatoms. The number of nitrogens with zero attached hydrogens (tertiary/aromatic N) is 1. The van der Waals surface area contributed by atoms with Gasteiger partial charge in [-0.05, 0) is 44.1 Å². The Hall–Kier alpha value is -1.84. The molecule has 1 aromatic carbocycles. The van der Waals surface area contributed by atoms with Crippen LogP contribution in [-0.2, 0) is 9.59 Å². The fraction of sp³-hybridized carbons (Fsp3) is 0.600. The molecule has 2 saturated carbocycles. The van der Waals surface area contributed by atoms with Crippen LogP contribution in [0.2, 0.25) is 0 Å². The van der Waals surface area contributed by atoms with Gasteiger partial charge in [0.1, 0.15) is 0 Å². The summed E-state index contributed by atoms with van der Waals surface area (Å²) < 4.78 is 0. The molecule has 2 aliphatic carbocycles. The number of amides is 2. The van der Waals surface area contributed by atoms with Crippen LogP contribution in [0, 0.1) is 24.7 Å². The summed E-state index contributed by atoms with van der Waals surface area (Å²) >= 11 is 0. The van der Waals surface area contributed by atoms with Gasteiger partial charge in [-0.3, -0.25) is 9.59 Å². The minimum Gasteiger partial charge on any atom is -0.356 e. The summed E-state index contributed by atoms with van der Waals surface area (Å²) in [6.07, 6.45) is 4.50. The van der Waals surface area contributed by atoms with Crippen molar-refractivity contribution in [2.45, 2.75) is 38.5 Å². The number of carbonyl (C=O) groups is 2. The van der Waals surface area contributed by atoms with Crippen LogP contribution in [0.3, 0.4) is 0 Å². The molecule has 1 saturated heterocycles. The quantitative estimate of drug-likeness (QED) is 0.904. The first kappa shape index (κ1) is 15.7. The second kappa shape index (κ2) is 6.23. The van der Waals surface area contributed by atoms with Crippen molar-refractivity contribution in [3.8, 4) is 0 Å². The number of aryl methyl sites for hydroxylation is 1. The number of hydrogen-bond acceptors (Lipinski definition) is 2. The lowest BCUT2D eigenvalue weighted by molar-refractivity contribution is -0.132. The maximum absolute atomic E-state index is 12.7. The first-order chi connectivity index (χ1) is 11.6. The number of hydrogen-bond donors (Lipinski definition) is 1. The summed E-state index contributed by atoms with van der Waals surface area (Å²) in [5, 5.41) is 3.13. The van der Waals surface area contributed by atoms with E-state index in [0.717, 1.165) is 19.4 Å². The Morgan fingerprint density at radius 2 is 1.79 bits per heavy atom. The Morgan fingerprint density at radius 3 is 2.42 bits per heavy atom. The lowest BCUT2D eigenvalue weighted by Crippen LogP contribution is -2.36. The Balaban J connectivity index is 1.50. The van der Waals surface area contributed by atoms with Crippen molar-refractivity contribution in [2.24, 2.45) is 17.8 Å². The number of carbonyl (C=O) groups excluding carboxylic acids is 2. The van der Waals surface area contributed by atoms with Crippen LogP contribution in [0.1, 0.15) is 42.7 Å². The highest BCUT2D eigenvalue weighted by Gasteiger charge is 2.44. The van der Waals surface area contributed by atoms with Crippen LogP contribution in [-0.4, -0.2) is 36.3 Å². The molecule has 3 fully saturated rings. The Kier molecular flexibility index (Phi) is 4.07. The average molecular weight is 326 g/mol. The lowest BCUT2D eigenvalue weighted by atomic mass is 9.88. The van der Waals surface area contributed by atoms with E-state index in [-0.39, 0.29) is 29.6 Å². The SMILES string of the molecule is Cc1ccc(C2CN(C(=O)C3CC3)CC2C(=O)NCC2CC2)cc1. The van der Waals surface area contributed by atoms with Crippen molar-refractivity contribution in [2.75, 3.05) is 19.6 Å². The molecule has 24 heavy (non-hydrogen) atoms. The highest BCUT2D eigenvalue weighted by atomic mass is 16.2. The van der Waals surface area contributed by atoms with Crippen LogP contribution < -0.4 is 5.32 Å². The molecule has 0 bridgehead atoms. The largest absolute Gasteiger partial charge is 0.356 e. The molecule has 1 N–H and O–H groups in total. The van der Waals surface area contributed by atoms with Gasteiger partial charge in [0.25, 0.3) is 0 Å². The molecular formula is C20H26N2O2. The van der Waals surface area contributed by atoms with E-state index in [2.05, 4.69) is 36.5 Å². The fourth-order valence-corrected chi connectivity index (χ4v) is 3.69. The zero-order valence-electron chi connectivity index (χ0n) is 14.3. The molecule has 4 rings (SSSR count). The molecule has 1 aromatic rings. The molecule has 2 amide bonds. The third-order valence-corrected chi connectivity index (χ3v) is 5.66. The standard InChI is InChI=1S/C20H26N2O2/c1-13-2-6-15(7-3-13)17-11-22(20(24)16-8-9-16)12-18(17)19(23)21-10-14-4-5-14/h2-3,6-7,14,16-18H,4-5,8-12H2,1H3,(H,21,23). The molecular weight excluding hydrogens is 300 g/mol. The van der Waals surface area contributed by atoms with E-state index in [0.29, 0.717) is 19.0 Å². The number of nitrogens with one attached hydrogen (secondary N) is 1. The highest BCUT2D eigenvalue weighted by Crippen LogP contribution is 2.38. The van der Waals surface area contributed by atoms with Gasteiger partial charge in [-0.1, -0.05) is 29.8 Å². The van der Waals surface area contributed by atoms with Crippen LogP contribution in [0.25, 0.3) is 0 Å². The van der Waals surface area contributed by atoms with Gasteiger partial charge < -0.3 is 10.2 Å². The maximum atomic E-state index is 12.7. The van der Waals surface area contributed by atoms with E-state index >= 15 is 0 Å². The minimum absolute atomic E-state index is 0.117. The second-order valence-corrected chi connectivity index (χ2v) is 7.83. The van der Waals surface area contributed by atoms with Crippen LogP contribution in [0.4, 0.5) is 0 Å². The summed E-state index contributed by atoms with van der Waals surface area (Å²) in [5.41, 5.74) is 2.40. The van der Waals surface area contributed by atoms with E-state index in [9.17, 15) is 9.59 Å². The number of likely N-dealkylation sites (tertiary alicyclic amines) is 1. The monoisotopic (exact) mass is 326 g/mol. The van der Waals surface area contributed by atoms with Gasteiger partial charge in [0.2, 0.25) is 11.8 Å². The average Bonchev–Trinajstić information content (AvgIpc) is 3.50. The van der Waals surface area contributed by atoms with Crippen molar-refractivity contribution in [1.82, 2.24) is 10.2 Å². The normalized spacial score (nSPS) is 26.5. The van der Waals surface area contributed by atoms with Crippen molar-refractivity contribution in [1.29, 1.82) is 0 Å². The van der Waals surface area contributed by atoms with Crippen LogP contribution in [0.5, 0.6) is 0 Å². The molecule has 2 unspecified atom stereocenters. The predicted molar refractivity (Wildman–Crippen MR) is 92.4 cm³/mol. The predicted octanol–water partition coefficient (Wildman–Crippen LogP) is 2.47. The Labute approximate surface area is 143 Å². The molecule has 2 atom stereocenters. The fourth-order valence-electron chi connectivity index (χ4n) is 3.69. The van der Waals surface area contributed by atoms with E-state index in [4.69, 9.17) is 0 Å². The third-order valence-electron chi connectivity index (χ3n) is 5.66. The molecule has 0 aromatic heterocycles. The zero-order chi connectivity index (χ0) is 16.7. The molecule has 1 heterocycles. The van der Waals surface area contributed by atoms with Crippen molar-refractivity contribution in [3.05, 3.63) is 35.4 Å². The molecule has 0 radical (unpaired) electrons. The first-order valence-corrected chi connectivity index (χ1v) is 9.25. The van der Waals surface area contributed by atoms with Gasteiger partial charge in [-0.15, -0.1) is 0 Å². The van der Waals surface area contributed by atoms with Crippen molar-refractivity contribution >= 4 is 11.8 Å². The summed E-state index contributed by atoms with van der Waals surface area (Å²) in [7, 11) is 0. The first-order valence-electron chi connectivity index (χ1n) is 9.25. The summed E-state index contributed by atoms with van der Waals surface area (Å²) in [5.74, 6) is 1.28. The summed E-state index contributed by atoms with van der Waals surface area (Å²) in [4.78, 5) is 27.1. The molecule has 3 aliphatic rings. The van der Waals surface area contributed by atoms with Crippen LogP contribution in [0.15, 0.2) is 24.3 Å². The van der Waals surface area contributed by atoms with Gasteiger partial charge in [0.15, 0.2) is 0 Å². The second-order valence-electron chi connectivity index (χ2n) is 7.83. The number of rotatable bonds is 5. The molecule has 1 aliphatic heterocycles. The lowest BCUT2D eigenvalue weighted by Gasteiger charge is -2.18. The summed E-state index contributed by atoms with van der Waals surface area (Å²) in [6, 6.07) is 8.43. The minimum atomic E-state index is -0.117. The smallest absolute Gasteiger partial charge is 0.225 e. The van der Waals surface area contributed by atoms with Gasteiger partial charge in [-0.2, -0.15) is 0 Å². The topological polar surface area (TPSA) is 49.4 Å². The van der Waals surface area contributed by atoms with Gasteiger partial charge in [0, 0.05) is 31.5 Å². The van der Waals surface area contributed by atoms with Gasteiger partial charge in [0.05, 0.1) is 5.92 Å². The zero-order valence-corrected chi connectivity index (χ0v) is 14.3. The van der Waals surface area contributed by atoms with E-state index in [1.807, 2.05) is 4.90 Å². The van der Waals surface area contributed by atoms with E-state index < -0.39 is 0 Å². The van der Waals surface area contributed by atoms with E-state index in [1.54, 1.807) is 0 Å². The Bertz CT molecular complexity index is 632. The van der Waals surface area contributed by atoms with Crippen molar-refractivity contribution < 1.29 is 9.59 Å². The van der Waals surface area contributed by atoms with E-state index in [1.165, 1.54) is 24.0 Å². The van der Waals surface area contributed by atoms with Crippen molar-refractivity contribution in [3.63, 3.8) is 0 Å². The maximum Gasteiger partial charge on any atom is 0.225 e. The van der Waals surface area contributed by atoms with Crippen LogP contribution >= 0.6 is 0 Å². The molecule has 0 spiro atoms. The molecule has 4 nitrogen and oxygen atoms in total. The summed E-state index contributed by atoms with van der Waals surface area (Å²) in [6.45, 7) is 4.12. The number of benzene rings is 1. The highest BCUT2D eigenvalue weighted by molar-refractivity contribution is 5.85. The Morgan fingerprint density at radius 1 is 1.08 bits per heavy atom.